The first-order valence-electron chi connectivity index (χ1n) is 12.7. The van der Waals surface area contributed by atoms with Crippen LogP contribution in [0.15, 0.2) is 79.0 Å². The molecule has 0 radical (unpaired) electrons. The van der Waals surface area contributed by atoms with Crippen molar-refractivity contribution in [1.82, 2.24) is 10.2 Å². The van der Waals surface area contributed by atoms with Crippen LogP contribution in [0.5, 0.6) is 0 Å². The van der Waals surface area contributed by atoms with Crippen molar-refractivity contribution in [2.75, 3.05) is 23.7 Å². The van der Waals surface area contributed by atoms with E-state index in [9.17, 15) is 9.59 Å². The molecule has 1 saturated heterocycles. The quantitative estimate of drug-likeness (QED) is 0.387. The minimum absolute atomic E-state index is 0.118. The van der Waals surface area contributed by atoms with Gasteiger partial charge in [0.15, 0.2) is 0 Å². The third-order valence-electron chi connectivity index (χ3n) is 6.90. The lowest BCUT2D eigenvalue weighted by atomic mass is 10.0. The van der Waals surface area contributed by atoms with Crippen molar-refractivity contribution in [2.45, 2.75) is 38.8 Å². The number of benzene rings is 3. The van der Waals surface area contributed by atoms with E-state index in [0.717, 1.165) is 23.4 Å². The van der Waals surface area contributed by atoms with Crippen LogP contribution in [0.3, 0.4) is 0 Å². The molecule has 2 aliphatic rings. The van der Waals surface area contributed by atoms with Gasteiger partial charge in [0, 0.05) is 35.2 Å². The van der Waals surface area contributed by atoms with Crippen molar-refractivity contribution in [3.8, 4) is 0 Å². The van der Waals surface area contributed by atoms with Crippen LogP contribution >= 0.6 is 0 Å². The molecule has 2 amide bonds. The molecule has 2 aliphatic heterocycles. The highest BCUT2D eigenvalue weighted by molar-refractivity contribution is 6.32. The summed E-state index contributed by atoms with van der Waals surface area (Å²) in [7, 11) is 0. The first kappa shape index (κ1) is 23.8. The molecule has 0 aromatic heterocycles. The Bertz CT molecular complexity index is 1260. The van der Waals surface area contributed by atoms with Crippen LogP contribution < -0.4 is 16.0 Å². The molecule has 1 atom stereocenters. The zero-order valence-electron chi connectivity index (χ0n) is 20.6. The number of piperidine rings is 1. The van der Waals surface area contributed by atoms with Gasteiger partial charge in [0.05, 0.1) is 11.6 Å². The third-order valence-corrected chi connectivity index (χ3v) is 6.90. The molecular formula is C30H32N4O2. The predicted molar refractivity (Wildman–Crippen MR) is 145 cm³/mol. The minimum atomic E-state index is -0.186. The second kappa shape index (κ2) is 10.8. The molecule has 5 rings (SSSR count). The van der Waals surface area contributed by atoms with Gasteiger partial charge in [-0.2, -0.15) is 0 Å². The fraction of sp³-hybridized carbons (Fsp3) is 0.267. The summed E-state index contributed by atoms with van der Waals surface area (Å²) in [6, 6.07) is 23.4. The summed E-state index contributed by atoms with van der Waals surface area (Å²) in [6.07, 6.45) is 5.65. The molecule has 0 unspecified atom stereocenters. The second-order valence-corrected chi connectivity index (χ2v) is 9.56. The number of anilines is 2. The Balaban J connectivity index is 1.23. The van der Waals surface area contributed by atoms with Crippen molar-refractivity contribution >= 4 is 28.8 Å². The molecule has 3 aromatic rings. The number of rotatable bonds is 7. The molecule has 6 nitrogen and oxygen atoms in total. The van der Waals surface area contributed by atoms with Crippen LogP contribution in [-0.4, -0.2) is 29.8 Å². The largest absolute Gasteiger partial charge is 0.361 e. The lowest BCUT2D eigenvalue weighted by molar-refractivity contribution is -0.110. The SMILES string of the molecule is C[C@H](NC(=O)c1ccc2c(c1)NC(=O)C2=CNc1ccc(CN2CCCCC2)cc1)c1ccccc1. The van der Waals surface area contributed by atoms with E-state index < -0.39 is 0 Å². The maximum Gasteiger partial charge on any atom is 0.257 e. The fourth-order valence-corrected chi connectivity index (χ4v) is 4.82. The van der Waals surface area contributed by atoms with Gasteiger partial charge in [-0.25, -0.2) is 0 Å². The first-order valence-corrected chi connectivity index (χ1v) is 12.7. The van der Waals surface area contributed by atoms with E-state index in [1.165, 1.54) is 37.9 Å². The summed E-state index contributed by atoms with van der Waals surface area (Å²) in [6.45, 7) is 5.29. The standard InChI is InChI=1S/C30H32N4O2/c1-21(23-8-4-2-5-9-23)32-29(35)24-12-15-26-27(30(36)33-28(26)18-24)19-31-25-13-10-22(11-14-25)20-34-16-6-3-7-17-34/h2,4-5,8-15,18-19,21,31H,3,6-7,16-17,20H2,1H3,(H,32,35)(H,33,36)/t21-/m0/s1. The second-order valence-electron chi connectivity index (χ2n) is 9.56. The molecule has 6 heteroatoms. The number of hydrogen-bond donors (Lipinski definition) is 3. The van der Waals surface area contributed by atoms with Gasteiger partial charge in [-0.15, -0.1) is 0 Å². The van der Waals surface area contributed by atoms with Crippen LogP contribution in [-0.2, 0) is 11.3 Å². The lowest BCUT2D eigenvalue weighted by Gasteiger charge is -2.26. The van der Waals surface area contributed by atoms with Gasteiger partial charge in [-0.05, 0) is 68.2 Å². The highest BCUT2D eigenvalue weighted by Gasteiger charge is 2.25. The van der Waals surface area contributed by atoms with Gasteiger partial charge in [-0.1, -0.05) is 55.0 Å². The highest BCUT2D eigenvalue weighted by Crippen LogP contribution is 2.32. The Morgan fingerprint density at radius 1 is 1.00 bits per heavy atom. The Morgan fingerprint density at radius 2 is 1.75 bits per heavy atom. The first-order chi connectivity index (χ1) is 17.6. The van der Waals surface area contributed by atoms with Crippen molar-refractivity contribution in [3.63, 3.8) is 0 Å². The van der Waals surface area contributed by atoms with Crippen LogP contribution in [0.2, 0.25) is 0 Å². The molecular weight excluding hydrogens is 448 g/mol. The Morgan fingerprint density at radius 3 is 2.50 bits per heavy atom. The lowest BCUT2D eigenvalue weighted by Crippen LogP contribution is -2.29. The molecule has 0 bridgehead atoms. The van der Waals surface area contributed by atoms with E-state index in [-0.39, 0.29) is 17.9 Å². The molecule has 36 heavy (non-hydrogen) atoms. The van der Waals surface area contributed by atoms with Crippen LogP contribution in [0.1, 0.15) is 59.3 Å². The molecule has 3 N–H and O–H groups in total. The minimum Gasteiger partial charge on any atom is -0.361 e. The molecule has 184 valence electrons. The number of nitrogens with zero attached hydrogens (tertiary/aromatic N) is 1. The van der Waals surface area contributed by atoms with Gasteiger partial charge in [-0.3, -0.25) is 14.5 Å². The van der Waals surface area contributed by atoms with E-state index in [2.05, 4.69) is 33.0 Å². The zero-order chi connectivity index (χ0) is 24.9. The van der Waals surface area contributed by atoms with Crippen LogP contribution in [0, 0.1) is 0 Å². The van der Waals surface area contributed by atoms with Gasteiger partial charge >= 0.3 is 0 Å². The monoisotopic (exact) mass is 480 g/mol. The molecule has 3 aromatic carbocycles. The molecule has 0 saturated carbocycles. The normalized spacial score (nSPS) is 17.4. The van der Waals surface area contributed by atoms with E-state index in [1.54, 1.807) is 18.3 Å². The maximum atomic E-state index is 12.8. The Hall–Kier alpha value is -3.90. The summed E-state index contributed by atoms with van der Waals surface area (Å²) in [5, 5.41) is 9.16. The zero-order valence-corrected chi connectivity index (χ0v) is 20.6. The summed E-state index contributed by atoms with van der Waals surface area (Å²) < 4.78 is 0. The number of carbonyl (C=O) groups excluding carboxylic acids is 2. The average molecular weight is 481 g/mol. The molecule has 0 aliphatic carbocycles. The van der Waals surface area contributed by atoms with Crippen molar-refractivity contribution < 1.29 is 9.59 Å². The number of likely N-dealkylation sites (tertiary alicyclic amines) is 1. The summed E-state index contributed by atoms with van der Waals surface area (Å²) in [5.74, 6) is -0.363. The van der Waals surface area contributed by atoms with Crippen molar-refractivity contribution in [1.29, 1.82) is 0 Å². The summed E-state index contributed by atoms with van der Waals surface area (Å²) >= 11 is 0. The summed E-state index contributed by atoms with van der Waals surface area (Å²) in [5.41, 5.74) is 5.74. The topological polar surface area (TPSA) is 73.5 Å². The Labute approximate surface area is 212 Å². The van der Waals surface area contributed by atoms with Gasteiger partial charge in [0.1, 0.15) is 0 Å². The number of fused-ring (bicyclic) bond motifs is 1. The summed E-state index contributed by atoms with van der Waals surface area (Å²) in [4.78, 5) is 28.0. The van der Waals surface area contributed by atoms with Crippen molar-refractivity contribution in [3.05, 3.63) is 101 Å². The van der Waals surface area contributed by atoms with Gasteiger partial charge in [0.25, 0.3) is 11.8 Å². The molecule has 0 spiro atoms. The van der Waals surface area contributed by atoms with Gasteiger partial charge in [0.2, 0.25) is 0 Å². The molecule has 1 fully saturated rings. The van der Waals surface area contributed by atoms with E-state index in [0.29, 0.717) is 16.8 Å². The maximum absolute atomic E-state index is 12.8. The third kappa shape index (κ3) is 5.50. The van der Waals surface area contributed by atoms with E-state index >= 15 is 0 Å². The predicted octanol–water partition coefficient (Wildman–Crippen LogP) is 5.57. The van der Waals surface area contributed by atoms with Crippen LogP contribution in [0.4, 0.5) is 11.4 Å². The highest BCUT2D eigenvalue weighted by atomic mass is 16.2. The molecule has 2 heterocycles. The Kier molecular flexibility index (Phi) is 7.14. The van der Waals surface area contributed by atoms with Gasteiger partial charge < -0.3 is 16.0 Å². The van der Waals surface area contributed by atoms with Crippen LogP contribution in [0.25, 0.3) is 5.57 Å². The van der Waals surface area contributed by atoms with E-state index in [4.69, 9.17) is 0 Å². The van der Waals surface area contributed by atoms with Crippen molar-refractivity contribution in [2.24, 2.45) is 0 Å². The number of nitrogens with one attached hydrogen (secondary N) is 3. The number of carbonyl (C=O) groups is 2. The van der Waals surface area contributed by atoms with E-state index in [1.807, 2.05) is 55.5 Å². The fourth-order valence-electron chi connectivity index (χ4n) is 4.82. The number of amides is 2. The average Bonchev–Trinajstić information content (AvgIpc) is 3.23. The number of hydrogen-bond acceptors (Lipinski definition) is 4. The smallest absolute Gasteiger partial charge is 0.257 e.